The molecule has 0 aliphatic heterocycles. The standard InChI is InChI=1S/C19H15N5O2S/c1-25-15-8-7-11(9-16(15)26-2)17-21-22-19-24(17)23-18(27-19)13-10-20-14-6-4-3-5-12(13)14/h3-10,20H,1-2H3. The van der Waals surface area contributed by atoms with Gasteiger partial charge >= 0.3 is 0 Å². The van der Waals surface area contributed by atoms with E-state index in [0.717, 1.165) is 32.0 Å². The Bertz CT molecular complexity index is 1270. The fourth-order valence-electron chi connectivity index (χ4n) is 3.13. The summed E-state index contributed by atoms with van der Waals surface area (Å²) in [4.78, 5) is 4.02. The van der Waals surface area contributed by atoms with Crippen LogP contribution in [0.3, 0.4) is 0 Å². The van der Waals surface area contributed by atoms with Gasteiger partial charge in [0, 0.05) is 28.2 Å². The van der Waals surface area contributed by atoms with Crippen LogP contribution in [-0.2, 0) is 0 Å². The van der Waals surface area contributed by atoms with Crippen molar-refractivity contribution in [3.05, 3.63) is 48.7 Å². The van der Waals surface area contributed by atoms with E-state index in [1.165, 1.54) is 11.3 Å². The van der Waals surface area contributed by atoms with Crippen LogP contribution in [0.5, 0.6) is 11.5 Å². The van der Waals surface area contributed by atoms with Crippen LogP contribution in [0, 0.1) is 0 Å². The summed E-state index contributed by atoms with van der Waals surface area (Å²) < 4.78 is 12.5. The number of aromatic nitrogens is 5. The molecule has 0 aliphatic rings. The van der Waals surface area contributed by atoms with E-state index < -0.39 is 0 Å². The second-order valence-corrected chi connectivity index (χ2v) is 6.90. The number of rotatable bonds is 4. The van der Waals surface area contributed by atoms with Crippen molar-refractivity contribution in [3.63, 3.8) is 0 Å². The van der Waals surface area contributed by atoms with Crippen molar-refractivity contribution < 1.29 is 9.47 Å². The maximum atomic E-state index is 5.39. The van der Waals surface area contributed by atoms with E-state index >= 15 is 0 Å². The minimum absolute atomic E-state index is 0.638. The van der Waals surface area contributed by atoms with Gasteiger partial charge in [-0.3, -0.25) is 0 Å². The summed E-state index contributed by atoms with van der Waals surface area (Å²) in [6, 6.07) is 13.8. The van der Waals surface area contributed by atoms with Gasteiger partial charge in [-0.05, 0) is 24.3 Å². The Morgan fingerprint density at radius 1 is 1.00 bits per heavy atom. The van der Waals surface area contributed by atoms with Gasteiger partial charge in [0.1, 0.15) is 5.01 Å². The quantitative estimate of drug-likeness (QED) is 0.512. The van der Waals surface area contributed by atoms with E-state index in [-0.39, 0.29) is 0 Å². The molecule has 27 heavy (non-hydrogen) atoms. The summed E-state index contributed by atoms with van der Waals surface area (Å²) in [6.45, 7) is 0. The highest BCUT2D eigenvalue weighted by atomic mass is 32.1. The summed E-state index contributed by atoms with van der Waals surface area (Å²) in [5.74, 6) is 1.96. The molecule has 8 heteroatoms. The van der Waals surface area contributed by atoms with Gasteiger partial charge in [-0.15, -0.1) is 10.2 Å². The molecule has 3 aromatic heterocycles. The van der Waals surface area contributed by atoms with Crippen LogP contribution >= 0.6 is 11.3 Å². The van der Waals surface area contributed by atoms with E-state index in [9.17, 15) is 0 Å². The van der Waals surface area contributed by atoms with Crippen LogP contribution in [0.15, 0.2) is 48.7 Å². The normalized spacial score (nSPS) is 11.3. The van der Waals surface area contributed by atoms with E-state index in [1.807, 2.05) is 42.6 Å². The van der Waals surface area contributed by atoms with Gasteiger partial charge < -0.3 is 14.5 Å². The number of nitrogens with zero attached hydrogens (tertiary/aromatic N) is 4. The fourth-order valence-corrected chi connectivity index (χ4v) is 4.00. The zero-order chi connectivity index (χ0) is 18.4. The van der Waals surface area contributed by atoms with E-state index in [4.69, 9.17) is 14.6 Å². The average molecular weight is 377 g/mol. The number of nitrogens with one attached hydrogen (secondary N) is 1. The zero-order valence-electron chi connectivity index (χ0n) is 14.6. The lowest BCUT2D eigenvalue weighted by atomic mass is 10.2. The average Bonchev–Trinajstić information content (AvgIpc) is 3.40. The summed E-state index contributed by atoms with van der Waals surface area (Å²) in [7, 11) is 3.22. The van der Waals surface area contributed by atoms with Gasteiger partial charge in [-0.1, -0.05) is 29.5 Å². The van der Waals surface area contributed by atoms with Crippen molar-refractivity contribution in [2.75, 3.05) is 14.2 Å². The maximum Gasteiger partial charge on any atom is 0.235 e. The molecule has 134 valence electrons. The van der Waals surface area contributed by atoms with E-state index in [2.05, 4.69) is 21.2 Å². The van der Waals surface area contributed by atoms with Crippen molar-refractivity contribution in [3.8, 4) is 33.5 Å². The predicted octanol–water partition coefficient (Wildman–Crippen LogP) is 4.02. The highest BCUT2D eigenvalue weighted by Crippen LogP contribution is 2.35. The molecule has 7 nitrogen and oxygen atoms in total. The fraction of sp³-hybridized carbons (Fsp3) is 0.105. The number of aromatic amines is 1. The lowest BCUT2D eigenvalue weighted by Gasteiger charge is -2.08. The maximum absolute atomic E-state index is 5.39. The summed E-state index contributed by atoms with van der Waals surface area (Å²) in [5, 5.41) is 15.4. The number of para-hydroxylation sites is 1. The largest absolute Gasteiger partial charge is 0.493 e. The Kier molecular flexibility index (Phi) is 3.58. The molecule has 0 spiro atoms. The molecule has 0 saturated heterocycles. The van der Waals surface area contributed by atoms with Crippen LogP contribution in [0.2, 0.25) is 0 Å². The second kappa shape index (κ2) is 6.10. The number of methoxy groups -OCH3 is 2. The molecule has 5 rings (SSSR count). The first-order chi connectivity index (χ1) is 13.3. The van der Waals surface area contributed by atoms with E-state index in [0.29, 0.717) is 17.3 Å². The summed E-state index contributed by atoms with van der Waals surface area (Å²) in [5.41, 5.74) is 2.99. The first kappa shape index (κ1) is 15.8. The van der Waals surface area contributed by atoms with Crippen molar-refractivity contribution in [1.29, 1.82) is 0 Å². The molecular formula is C19H15N5O2S. The van der Waals surface area contributed by atoms with Gasteiger partial charge in [-0.25, -0.2) is 0 Å². The Hall–Kier alpha value is -3.39. The van der Waals surface area contributed by atoms with E-state index in [1.54, 1.807) is 18.7 Å². The number of H-pyrrole nitrogens is 1. The Balaban J connectivity index is 1.64. The van der Waals surface area contributed by atoms with Gasteiger partial charge in [-0.2, -0.15) is 9.61 Å². The first-order valence-electron chi connectivity index (χ1n) is 8.29. The third-order valence-electron chi connectivity index (χ3n) is 4.45. The number of benzene rings is 2. The van der Waals surface area contributed by atoms with Crippen molar-refractivity contribution in [1.82, 2.24) is 24.8 Å². The minimum atomic E-state index is 0.638. The first-order valence-corrected chi connectivity index (χ1v) is 9.11. The molecule has 3 heterocycles. The SMILES string of the molecule is COc1ccc(-c2nnc3sc(-c4c[nH]c5ccccc45)nn23)cc1OC. The number of hydrogen-bond donors (Lipinski definition) is 1. The van der Waals surface area contributed by atoms with Gasteiger partial charge in [0.05, 0.1) is 14.2 Å². The van der Waals surface area contributed by atoms with Crippen LogP contribution < -0.4 is 9.47 Å². The third-order valence-corrected chi connectivity index (χ3v) is 5.38. The molecule has 0 atom stereocenters. The molecule has 0 fully saturated rings. The second-order valence-electron chi connectivity index (χ2n) is 5.94. The lowest BCUT2D eigenvalue weighted by molar-refractivity contribution is 0.355. The molecule has 0 unspecified atom stereocenters. The molecule has 0 saturated carbocycles. The smallest absolute Gasteiger partial charge is 0.235 e. The highest BCUT2D eigenvalue weighted by Gasteiger charge is 2.17. The molecule has 2 aromatic carbocycles. The molecule has 5 aromatic rings. The number of ether oxygens (including phenoxy) is 2. The van der Waals surface area contributed by atoms with Crippen LogP contribution in [-0.4, -0.2) is 39.0 Å². The molecular weight excluding hydrogens is 362 g/mol. The van der Waals surface area contributed by atoms with Crippen LogP contribution in [0.4, 0.5) is 0 Å². The summed E-state index contributed by atoms with van der Waals surface area (Å²) in [6.07, 6.45) is 1.98. The molecule has 0 radical (unpaired) electrons. The van der Waals surface area contributed by atoms with Gasteiger partial charge in [0.2, 0.25) is 4.96 Å². The van der Waals surface area contributed by atoms with Crippen molar-refractivity contribution in [2.24, 2.45) is 0 Å². The Labute approximate surface area is 158 Å². The lowest BCUT2D eigenvalue weighted by Crippen LogP contribution is -1.94. The topological polar surface area (TPSA) is 77.3 Å². The van der Waals surface area contributed by atoms with Crippen molar-refractivity contribution >= 4 is 27.2 Å². The monoisotopic (exact) mass is 377 g/mol. The third kappa shape index (κ3) is 2.45. The minimum Gasteiger partial charge on any atom is -0.493 e. The van der Waals surface area contributed by atoms with Gasteiger partial charge in [0.25, 0.3) is 0 Å². The van der Waals surface area contributed by atoms with Crippen molar-refractivity contribution in [2.45, 2.75) is 0 Å². The van der Waals surface area contributed by atoms with Crippen LogP contribution in [0.1, 0.15) is 0 Å². The molecule has 0 bridgehead atoms. The summed E-state index contributed by atoms with van der Waals surface area (Å²) >= 11 is 1.51. The number of hydrogen-bond acceptors (Lipinski definition) is 6. The Morgan fingerprint density at radius 2 is 1.85 bits per heavy atom. The molecule has 0 amide bonds. The predicted molar refractivity (Wildman–Crippen MR) is 104 cm³/mol. The highest BCUT2D eigenvalue weighted by molar-refractivity contribution is 7.20. The number of fused-ring (bicyclic) bond motifs is 2. The van der Waals surface area contributed by atoms with Crippen LogP contribution in [0.25, 0.3) is 37.8 Å². The Morgan fingerprint density at radius 3 is 2.70 bits per heavy atom. The molecule has 0 aliphatic carbocycles. The zero-order valence-corrected chi connectivity index (χ0v) is 15.4. The molecule has 1 N–H and O–H groups in total. The van der Waals surface area contributed by atoms with Gasteiger partial charge in [0.15, 0.2) is 17.3 Å².